The Hall–Kier alpha value is -0.570. The Morgan fingerprint density at radius 1 is 1.78 bits per heavy atom. The van der Waals surface area contributed by atoms with Gasteiger partial charge in [-0.1, -0.05) is 6.92 Å². The molecule has 2 atom stereocenters. The van der Waals surface area contributed by atoms with Crippen LogP contribution in [0.3, 0.4) is 0 Å². The van der Waals surface area contributed by atoms with Crippen molar-refractivity contribution in [3.8, 4) is 0 Å². The van der Waals surface area contributed by atoms with Crippen LogP contribution in [0.4, 0.5) is 0 Å². The predicted octanol–water partition coefficient (Wildman–Crippen LogP) is -0.530. The first-order chi connectivity index (χ1) is 4.20. The minimum atomic E-state index is -0.223. The van der Waals surface area contributed by atoms with Gasteiger partial charge < -0.3 is 11.1 Å². The molecule has 9 heavy (non-hydrogen) atoms. The fourth-order valence-corrected chi connectivity index (χ4v) is 1.13. The van der Waals surface area contributed by atoms with Gasteiger partial charge in [-0.3, -0.25) is 4.79 Å². The summed E-state index contributed by atoms with van der Waals surface area (Å²) in [4.78, 5) is 10.5. The molecule has 0 unspecified atom stereocenters. The molecule has 0 spiro atoms. The van der Waals surface area contributed by atoms with Crippen molar-refractivity contribution in [3.63, 3.8) is 0 Å². The summed E-state index contributed by atoms with van der Waals surface area (Å²) in [5.41, 5.74) is 5.06. The molecule has 3 N–H and O–H groups in total. The fraction of sp³-hybridized carbons (Fsp3) is 0.833. The maximum Gasteiger partial charge on any atom is 0.234 e. The van der Waals surface area contributed by atoms with Crippen LogP contribution in [0.1, 0.15) is 13.3 Å². The van der Waals surface area contributed by atoms with Crippen LogP contribution in [-0.4, -0.2) is 18.5 Å². The van der Waals surface area contributed by atoms with Crippen LogP contribution in [0, 0.1) is 5.92 Å². The average molecular weight is 128 g/mol. The fourth-order valence-electron chi connectivity index (χ4n) is 1.13. The van der Waals surface area contributed by atoms with Gasteiger partial charge in [-0.15, -0.1) is 0 Å². The molecule has 1 heterocycles. The van der Waals surface area contributed by atoms with E-state index in [-0.39, 0.29) is 11.9 Å². The number of hydrogen-bond donors (Lipinski definition) is 2. The van der Waals surface area contributed by atoms with Crippen LogP contribution in [0.15, 0.2) is 0 Å². The van der Waals surface area contributed by atoms with Crippen LogP contribution in [0.25, 0.3) is 0 Å². The Morgan fingerprint density at radius 3 is 2.67 bits per heavy atom. The van der Waals surface area contributed by atoms with Gasteiger partial charge >= 0.3 is 0 Å². The van der Waals surface area contributed by atoms with E-state index in [0.29, 0.717) is 5.92 Å². The maximum absolute atomic E-state index is 10.5. The third-order valence-corrected chi connectivity index (χ3v) is 1.69. The van der Waals surface area contributed by atoms with Crippen LogP contribution < -0.4 is 11.1 Å². The molecule has 0 aromatic carbocycles. The number of carbonyl (C=O) groups excluding carboxylic acids is 1. The van der Waals surface area contributed by atoms with Gasteiger partial charge in [-0.05, 0) is 18.9 Å². The lowest BCUT2D eigenvalue weighted by atomic mass is 10.1. The summed E-state index contributed by atoms with van der Waals surface area (Å²) < 4.78 is 0. The molecule has 0 radical (unpaired) electrons. The first kappa shape index (κ1) is 6.55. The van der Waals surface area contributed by atoms with E-state index in [4.69, 9.17) is 5.73 Å². The number of amides is 1. The normalized spacial score (nSPS) is 34.8. The summed E-state index contributed by atoms with van der Waals surface area (Å²) in [5.74, 6) is 0.377. The van der Waals surface area contributed by atoms with Crippen molar-refractivity contribution in [1.29, 1.82) is 0 Å². The van der Waals surface area contributed by atoms with Crippen LogP contribution >= 0.6 is 0 Å². The zero-order valence-electron chi connectivity index (χ0n) is 5.55. The van der Waals surface area contributed by atoms with Crippen LogP contribution in [0.2, 0.25) is 0 Å². The Kier molecular flexibility index (Phi) is 1.71. The predicted molar refractivity (Wildman–Crippen MR) is 34.8 cm³/mol. The molecule has 0 bridgehead atoms. The van der Waals surface area contributed by atoms with Crippen molar-refractivity contribution in [2.75, 3.05) is 6.54 Å². The molecule has 1 amide bonds. The molecule has 0 aromatic heterocycles. The van der Waals surface area contributed by atoms with E-state index in [1.807, 2.05) is 0 Å². The second-order valence-electron chi connectivity index (χ2n) is 2.70. The molecular weight excluding hydrogens is 116 g/mol. The number of hydrogen-bond acceptors (Lipinski definition) is 2. The van der Waals surface area contributed by atoms with E-state index in [1.54, 1.807) is 0 Å². The minimum absolute atomic E-state index is 0.0694. The van der Waals surface area contributed by atoms with E-state index in [2.05, 4.69) is 12.2 Å². The largest absolute Gasteiger partial charge is 0.368 e. The minimum Gasteiger partial charge on any atom is -0.368 e. The number of nitrogens with one attached hydrogen (secondary N) is 1. The van der Waals surface area contributed by atoms with Gasteiger partial charge in [0.05, 0.1) is 6.04 Å². The summed E-state index contributed by atoms with van der Waals surface area (Å²) in [6.45, 7) is 3.03. The highest BCUT2D eigenvalue weighted by atomic mass is 16.1. The van der Waals surface area contributed by atoms with Gasteiger partial charge in [0.2, 0.25) is 5.91 Å². The van der Waals surface area contributed by atoms with Gasteiger partial charge in [0.15, 0.2) is 0 Å². The standard InChI is InChI=1S/C6H12N2O/c1-4-2-5(6(7)9)8-3-4/h4-5,8H,2-3H2,1H3,(H2,7,9)/t4-,5-/m0/s1. The lowest BCUT2D eigenvalue weighted by Gasteiger charge is -2.01. The van der Waals surface area contributed by atoms with Crippen molar-refractivity contribution in [2.45, 2.75) is 19.4 Å². The number of nitrogens with two attached hydrogens (primary N) is 1. The average Bonchev–Trinajstić information content (AvgIpc) is 2.14. The summed E-state index contributed by atoms with van der Waals surface area (Å²) in [7, 11) is 0. The molecule has 0 aromatic rings. The monoisotopic (exact) mass is 128 g/mol. The van der Waals surface area contributed by atoms with Crippen molar-refractivity contribution in [3.05, 3.63) is 0 Å². The van der Waals surface area contributed by atoms with Crippen molar-refractivity contribution < 1.29 is 4.79 Å². The molecular formula is C6H12N2O. The molecule has 3 nitrogen and oxygen atoms in total. The highest BCUT2D eigenvalue weighted by Gasteiger charge is 2.24. The third-order valence-electron chi connectivity index (χ3n) is 1.69. The Labute approximate surface area is 54.6 Å². The smallest absolute Gasteiger partial charge is 0.234 e. The Bertz CT molecular complexity index is 124. The molecule has 1 saturated heterocycles. The Morgan fingerprint density at radius 2 is 2.44 bits per heavy atom. The lowest BCUT2D eigenvalue weighted by molar-refractivity contribution is -0.119. The highest BCUT2D eigenvalue weighted by Crippen LogP contribution is 2.11. The first-order valence-electron chi connectivity index (χ1n) is 3.23. The van der Waals surface area contributed by atoms with Gasteiger partial charge in [0, 0.05) is 0 Å². The van der Waals surface area contributed by atoms with Gasteiger partial charge in [0.25, 0.3) is 0 Å². The van der Waals surface area contributed by atoms with Crippen LogP contribution in [-0.2, 0) is 4.79 Å². The summed E-state index contributed by atoms with van der Waals surface area (Å²) in [6, 6.07) is -0.0694. The van der Waals surface area contributed by atoms with Gasteiger partial charge in [-0.25, -0.2) is 0 Å². The summed E-state index contributed by atoms with van der Waals surface area (Å²) >= 11 is 0. The first-order valence-corrected chi connectivity index (χ1v) is 3.23. The van der Waals surface area contributed by atoms with E-state index >= 15 is 0 Å². The molecule has 3 heteroatoms. The third kappa shape index (κ3) is 1.42. The van der Waals surface area contributed by atoms with Crippen molar-refractivity contribution in [2.24, 2.45) is 11.7 Å². The number of carbonyl (C=O) groups is 1. The van der Waals surface area contributed by atoms with E-state index in [9.17, 15) is 4.79 Å². The molecule has 1 aliphatic rings. The van der Waals surface area contributed by atoms with E-state index in [1.165, 1.54) is 0 Å². The van der Waals surface area contributed by atoms with Crippen molar-refractivity contribution >= 4 is 5.91 Å². The SMILES string of the molecule is C[C@@H]1CN[C@H](C(N)=O)C1. The Balaban J connectivity index is 2.39. The van der Waals surface area contributed by atoms with Crippen LogP contribution in [0.5, 0.6) is 0 Å². The van der Waals surface area contributed by atoms with E-state index < -0.39 is 0 Å². The van der Waals surface area contributed by atoms with Gasteiger partial charge in [0.1, 0.15) is 0 Å². The molecule has 0 aliphatic carbocycles. The summed E-state index contributed by atoms with van der Waals surface area (Å²) in [6.07, 6.45) is 0.898. The zero-order valence-corrected chi connectivity index (χ0v) is 5.55. The molecule has 1 rings (SSSR count). The molecule has 1 aliphatic heterocycles. The zero-order chi connectivity index (χ0) is 6.85. The molecule has 0 saturated carbocycles. The van der Waals surface area contributed by atoms with Crippen molar-refractivity contribution in [1.82, 2.24) is 5.32 Å². The quantitative estimate of drug-likeness (QED) is 0.498. The van der Waals surface area contributed by atoms with Gasteiger partial charge in [-0.2, -0.15) is 0 Å². The lowest BCUT2D eigenvalue weighted by Crippen LogP contribution is -2.36. The highest BCUT2D eigenvalue weighted by molar-refractivity contribution is 5.80. The second-order valence-corrected chi connectivity index (χ2v) is 2.70. The maximum atomic E-state index is 10.5. The number of rotatable bonds is 1. The molecule has 1 fully saturated rings. The molecule has 52 valence electrons. The summed E-state index contributed by atoms with van der Waals surface area (Å²) in [5, 5.41) is 3.03. The van der Waals surface area contributed by atoms with E-state index in [0.717, 1.165) is 13.0 Å². The number of primary amides is 1. The topological polar surface area (TPSA) is 55.1 Å². The second kappa shape index (κ2) is 2.35.